The first-order chi connectivity index (χ1) is 15.0. The average Bonchev–Trinajstić information content (AvgIpc) is 3.28. The lowest BCUT2D eigenvalue weighted by molar-refractivity contribution is -0.126. The molecule has 3 aromatic rings. The molecule has 2 heterocycles. The normalized spacial score (nSPS) is 22.9. The molecule has 2 saturated heterocycles. The summed E-state index contributed by atoms with van der Waals surface area (Å²) in [5.41, 5.74) is 1.68. The van der Waals surface area contributed by atoms with Gasteiger partial charge in [0.15, 0.2) is 6.10 Å². The lowest BCUT2D eigenvalue weighted by atomic mass is 9.90. The Balaban J connectivity index is 1.58. The van der Waals surface area contributed by atoms with Crippen molar-refractivity contribution in [1.29, 1.82) is 0 Å². The van der Waals surface area contributed by atoms with Crippen LogP contribution in [0.4, 0.5) is 15.8 Å². The molecule has 0 bridgehead atoms. The van der Waals surface area contributed by atoms with Gasteiger partial charge in [0.25, 0.3) is 5.91 Å². The Morgan fingerprint density at radius 3 is 2.19 bits per heavy atom. The minimum Gasteiger partial charge on any atom is -0.273 e. The molecule has 3 atom stereocenters. The molecule has 156 valence electrons. The van der Waals surface area contributed by atoms with Gasteiger partial charge in [0.1, 0.15) is 11.7 Å². The van der Waals surface area contributed by atoms with Gasteiger partial charge in [-0.15, -0.1) is 0 Å². The van der Waals surface area contributed by atoms with Crippen LogP contribution in [0.15, 0.2) is 72.8 Å². The number of para-hydroxylation sites is 1. The van der Waals surface area contributed by atoms with Gasteiger partial charge in [-0.05, 0) is 48.0 Å². The van der Waals surface area contributed by atoms with Gasteiger partial charge in [0.05, 0.1) is 27.5 Å². The SMILES string of the molecule is O=C1[C@H]2[C@@H](c3ccc(F)cc3)N(c3ccccc3)O[C@H]2C(=O)N1c1ccc(Cl)c(Cl)c1. The van der Waals surface area contributed by atoms with Crippen LogP contribution in [0.2, 0.25) is 10.0 Å². The van der Waals surface area contributed by atoms with E-state index in [9.17, 15) is 14.0 Å². The summed E-state index contributed by atoms with van der Waals surface area (Å²) >= 11 is 12.1. The van der Waals surface area contributed by atoms with Crippen LogP contribution in [-0.2, 0) is 14.4 Å². The van der Waals surface area contributed by atoms with Gasteiger partial charge >= 0.3 is 0 Å². The summed E-state index contributed by atoms with van der Waals surface area (Å²) in [5.74, 6) is -2.11. The first kappa shape index (κ1) is 20.0. The summed E-state index contributed by atoms with van der Waals surface area (Å²) in [4.78, 5) is 33.8. The summed E-state index contributed by atoms with van der Waals surface area (Å²) in [6.45, 7) is 0. The molecule has 0 radical (unpaired) electrons. The van der Waals surface area contributed by atoms with E-state index in [1.165, 1.54) is 24.3 Å². The number of hydroxylamine groups is 1. The van der Waals surface area contributed by atoms with Crippen LogP contribution >= 0.6 is 23.2 Å². The molecule has 0 saturated carbocycles. The maximum atomic E-state index is 13.6. The molecule has 5 rings (SSSR count). The van der Waals surface area contributed by atoms with Crippen LogP contribution in [0, 0.1) is 11.7 Å². The van der Waals surface area contributed by atoms with E-state index in [1.807, 2.05) is 30.3 Å². The van der Waals surface area contributed by atoms with Crippen LogP contribution in [-0.4, -0.2) is 17.9 Å². The Morgan fingerprint density at radius 1 is 0.806 bits per heavy atom. The van der Waals surface area contributed by atoms with Gasteiger partial charge in [-0.2, -0.15) is 0 Å². The monoisotopic (exact) mass is 456 g/mol. The second-order valence-corrected chi connectivity index (χ2v) is 8.13. The molecule has 2 aliphatic rings. The highest BCUT2D eigenvalue weighted by molar-refractivity contribution is 6.42. The van der Waals surface area contributed by atoms with Gasteiger partial charge < -0.3 is 0 Å². The molecule has 2 fully saturated rings. The Bertz CT molecular complexity index is 1170. The number of amides is 2. The van der Waals surface area contributed by atoms with Crippen molar-refractivity contribution >= 4 is 46.4 Å². The number of carbonyl (C=O) groups excluding carboxylic acids is 2. The van der Waals surface area contributed by atoms with Crippen LogP contribution in [0.25, 0.3) is 0 Å². The average molecular weight is 457 g/mol. The Kier molecular flexibility index (Phi) is 4.93. The van der Waals surface area contributed by atoms with E-state index in [-0.39, 0.29) is 5.02 Å². The van der Waals surface area contributed by atoms with E-state index in [0.29, 0.717) is 22.0 Å². The van der Waals surface area contributed by atoms with Gasteiger partial charge in [-0.25, -0.2) is 14.4 Å². The Hall–Kier alpha value is -2.93. The van der Waals surface area contributed by atoms with E-state index >= 15 is 0 Å². The minimum absolute atomic E-state index is 0.235. The molecule has 0 aliphatic carbocycles. The third kappa shape index (κ3) is 3.28. The second-order valence-electron chi connectivity index (χ2n) is 7.32. The third-order valence-corrected chi connectivity index (χ3v) is 6.24. The van der Waals surface area contributed by atoms with Crippen LogP contribution < -0.4 is 9.96 Å². The van der Waals surface area contributed by atoms with E-state index in [2.05, 4.69) is 0 Å². The maximum Gasteiger partial charge on any atom is 0.266 e. The van der Waals surface area contributed by atoms with Crippen molar-refractivity contribution in [1.82, 2.24) is 0 Å². The van der Waals surface area contributed by atoms with E-state index in [4.69, 9.17) is 28.0 Å². The topological polar surface area (TPSA) is 49.9 Å². The molecule has 0 unspecified atom stereocenters. The van der Waals surface area contributed by atoms with E-state index in [1.54, 1.807) is 23.3 Å². The molecule has 5 nitrogen and oxygen atoms in total. The zero-order valence-corrected chi connectivity index (χ0v) is 17.4. The molecule has 8 heteroatoms. The summed E-state index contributed by atoms with van der Waals surface area (Å²) in [6, 6.07) is 19.0. The Labute approximate surface area is 187 Å². The quantitative estimate of drug-likeness (QED) is 0.509. The summed E-state index contributed by atoms with van der Waals surface area (Å²) in [5, 5.41) is 2.11. The zero-order valence-electron chi connectivity index (χ0n) is 15.9. The van der Waals surface area contributed by atoms with Crippen molar-refractivity contribution in [3.8, 4) is 0 Å². The number of halogens is 3. The second kappa shape index (κ2) is 7.64. The van der Waals surface area contributed by atoms with Crippen molar-refractivity contribution in [2.75, 3.05) is 9.96 Å². The van der Waals surface area contributed by atoms with Crippen LogP contribution in [0.1, 0.15) is 11.6 Å². The number of hydrogen-bond donors (Lipinski definition) is 0. The van der Waals surface area contributed by atoms with Crippen LogP contribution in [0.3, 0.4) is 0 Å². The Morgan fingerprint density at radius 2 is 1.52 bits per heavy atom. The molecule has 2 aliphatic heterocycles. The summed E-state index contributed by atoms with van der Waals surface area (Å²) in [7, 11) is 0. The lowest BCUT2D eigenvalue weighted by Crippen LogP contribution is -2.37. The predicted molar refractivity (Wildman–Crippen MR) is 115 cm³/mol. The number of rotatable bonds is 3. The number of carbonyl (C=O) groups is 2. The lowest BCUT2D eigenvalue weighted by Gasteiger charge is -2.28. The summed E-state index contributed by atoms with van der Waals surface area (Å²) < 4.78 is 13.6. The predicted octanol–water partition coefficient (Wildman–Crippen LogP) is 5.18. The van der Waals surface area contributed by atoms with Crippen molar-refractivity contribution in [3.05, 3.63) is 94.2 Å². The zero-order chi connectivity index (χ0) is 21.7. The highest BCUT2D eigenvalue weighted by Crippen LogP contribution is 2.47. The van der Waals surface area contributed by atoms with Gasteiger partial charge in [0.2, 0.25) is 5.91 Å². The first-order valence-electron chi connectivity index (χ1n) is 9.55. The maximum absolute atomic E-state index is 13.6. The molecule has 2 amide bonds. The number of benzene rings is 3. The smallest absolute Gasteiger partial charge is 0.266 e. The largest absolute Gasteiger partial charge is 0.273 e. The van der Waals surface area contributed by atoms with Crippen molar-refractivity contribution in [2.45, 2.75) is 12.1 Å². The highest BCUT2D eigenvalue weighted by atomic mass is 35.5. The standard InChI is InChI=1S/C23H15Cl2FN2O3/c24-17-11-10-16(12-18(17)25)27-22(29)19-20(13-6-8-14(26)9-7-13)28(31-21(19)23(27)30)15-4-2-1-3-5-15/h1-12,19-21H/t19-,20+,21+/m0/s1. The third-order valence-electron chi connectivity index (χ3n) is 5.50. The molecular weight excluding hydrogens is 442 g/mol. The molecule has 0 spiro atoms. The van der Waals surface area contributed by atoms with Gasteiger partial charge in [-0.1, -0.05) is 53.5 Å². The fourth-order valence-electron chi connectivity index (χ4n) is 4.09. The fraction of sp³-hybridized carbons (Fsp3) is 0.130. The molecular formula is C23H15Cl2FN2O3. The van der Waals surface area contributed by atoms with Crippen molar-refractivity contribution < 1.29 is 18.8 Å². The van der Waals surface area contributed by atoms with Crippen LogP contribution in [0.5, 0.6) is 0 Å². The van der Waals surface area contributed by atoms with Crippen molar-refractivity contribution in [3.63, 3.8) is 0 Å². The number of anilines is 2. The summed E-state index contributed by atoms with van der Waals surface area (Å²) in [6.07, 6.45) is -1.02. The highest BCUT2D eigenvalue weighted by Gasteiger charge is 2.60. The minimum atomic E-state index is -1.02. The number of nitrogens with zero attached hydrogens (tertiary/aromatic N) is 2. The molecule has 0 aromatic heterocycles. The number of hydrogen-bond acceptors (Lipinski definition) is 4. The molecule has 31 heavy (non-hydrogen) atoms. The first-order valence-corrected chi connectivity index (χ1v) is 10.3. The number of imide groups is 1. The van der Waals surface area contributed by atoms with E-state index in [0.717, 1.165) is 4.90 Å². The van der Waals surface area contributed by atoms with Gasteiger partial charge in [-0.3, -0.25) is 14.4 Å². The fourth-order valence-corrected chi connectivity index (χ4v) is 4.38. The van der Waals surface area contributed by atoms with Crippen molar-refractivity contribution in [2.24, 2.45) is 5.92 Å². The van der Waals surface area contributed by atoms with Gasteiger partial charge in [0, 0.05) is 0 Å². The molecule has 0 N–H and O–H groups in total. The van der Waals surface area contributed by atoms with E-state index < -0.39 is 35.7 Å². The number of fused-ring (bicyclic) bond motifs is 1. The molecule has 3 aromatic carbocycles.